The lowest BCUT2D eigenvalue weighted by atomic mass is 9.74. The number of carbonyl (C=O) groups is 1. The zero-order valence-electron chi connectivity index (χ0n) is 17.3. The van der Waals surface area contributed by atoms with E-state index in [9.17, 15) is 9.90 Å². The monoisotopic (exact) mass is 400 g/mol. The summed E-state index contributed by atoms with van der Waals surface area (Å²) in [6.07, 6.45) is 3.16. The minimum atomic E-state index is -0.429. The molecule has 0 atom stereocenters. The van der Waals surface area contributed by atoms with Gasteiger partial charge < -0.3 is 14.9 Å². The van der Waals surface area contributed by atoms with Crippen molar-refractivity contribution in [3.8, 4) is 0 Å². The fourth-order valence-corrected chi connectivity index (χ4v) is 5.36. The Balaban J connectivity index is 1.28. The maximum absolute atomic E-state index is 12.3. The largest absolute Gasteiger partial charge is 0.387 e. The molecule has 1 saturated heterocycles. The number of piperidine rings is 1. The number of fused-ring (bicyclic) bond motifs is 3. The molecule has 4 heteroatoms. The molecule has 1 N–H and O–H groups in total. The standard InChI is InChI=1S/C26H28N2O2/c29-18-25(30)28-19-26(23-10-3-4-11-24(23)28)13-16-27(17-14-26)15-12-21-8-5-7-20-6-1-2-9-22(20)21/h1-11,29H,12-19H2. The molecule has 0 saturated carbocycles. The van der Waals surface area contributed by atoms with Crippen molar-refractivity contribution < 1.29 is 9.90 Å². The molecule has 3 aromatic rings. The summed E-state index contributed by atoms with van der Waals surface area (Å²) in [5, 5.41) is 12.1. The second-order valence-electron chi connectivity index (χ2n) is 8.67. The van der Waals surface area contributed by atoms with Crippen LogP contribution >= 0.6 is 0 Å². The highest BCUT2D eigenvalue weighted by atomic mass is 16.3. The van der Waals surface area contributed by atoms with Crippen molar-refractivity contribution in [3.05, 3.63) is 77.9 Å². The number of nitrogens with zero attached hydrogens (tertiary/aromatic N) is 2. The first-order valence-electron chi connectivity index (χ1n) is 10.9. The second kappa shape index (κ2) is 7.86. The first-order chi connectivity index (χ1) is 14.7. The van der Waals surface area contributed by atoms with Gasteiger partial charge in [0.05, 0.1) is 0 Å². The van der Waals surface area contributed by atoms with Crippen LogP contribution in [-0.2, 0) is 16.6 Å². The Morgan fingerprint density at radius 1 is 0.933 bits per heavy atom. The van der Waals surface area contributed by atoms with E-state index in [2.05, 4.69) is 59.5 Å². The molecule has 0 bridgehead atoms. The van der Waals surface area contributed by atoms with Crippen LogP contribution in [0.3, 0.4) is 0 Å². The van der Waals surface area contributed by atoms with Gasteiger partial charge in [-0.3, -0.25) is 4.79 Å². The quantitative estimate of drug-likeness (QED) is 0.725. The molecule has 0 unspecified atom stereocenters. The number of amides is 1. The average molecular weight is 401 g/mol. The van der Waals surface area contributed by atoms with Crippen LogP contribution in [0.1, 0.15) is 24.0 Å². The number of hydrogen-bond acceptors (Lipinski definition) is 3. The lowest BCUT2D eigenvalue weighted by Gasteiger charge is -2.40. The van der Waals surface area contributed by atoms with Crippen LogP contribution < -0.4 is 4.90 Å². The van der Waals surface area contributed by atoms with Gasteiger partial charge in [0.1, 0.15) is 6.61 Å². The maximum Gasteiger partial charge on any atom is 0.252 e. The van der Waals surface area contributed by atoms with Crippen molar-refractivity contribution in [3.63, 3.8) is 0 Å². The van der Waals surface area contributed by atoms with Crippen LogP contribution in [0.15, 0.2) is 66.7 Å². The van der Waals surface area contributed by atoms with Crippen LogP contribution in [0.5, 0.6) is 0 Å². The summed E-state index contributed by atoms with van der Waals surface area (Å²) in [5.74, 6) is -0.197. The van der Waals surface area contributed by atoms with Gasteiger partial charge in [-0.05, 0) is 60.3 Å². The van der Waals surface area contributed by atoms with Crippen molar-refractivity contribution in [1.82, 2.24) is 4.90 Å². The number of carbonyl (C=O) groups excluding carboxylic acids is 1. The summed E-state index contributed by atoms with van der Waals surface area (Å²) in [5.41, 5.74) is 3.71. The number of likely N-dealkylation sites (tertiary alicyclic amines) is 1. The van der Waals surface area contributed by atoms with E-state index in [0.29, 0.717) is 6.54 Å². The van der Waals surface area contributed by atoms with Crippen LogP contribution in [0, 0.1) is 0 Å². The van der Waals surface area contributed by atoms with Crippen LogP contribution in [0.4, 0.5) is 5.69 Å². The number of aliphatic hydroxyl groups is 1. The molecule has 0 aliphatic carbocycles. The Kier molecular flexibility index (Phi) is 5.05. The van der Waals surface area contributed by atoms with Gasteiger partial charge in [0.25, 0.3) is 5.91 Å². The molecule has 154 valence electrons. The van der Waals surface area contributed by atoms with Gasteiger partial charge in [-0.2, -0.15) is 0 Å². The summed E-state index contributed by atoms with van der Waals surface area (Å²) in [6.45, 7) is 3.41. The van der Waals surface area contributed by atoms with E-state index < -0.39 is 6.61 Å². The van der Waals surface area contributed by atoms with E-state index in [-0.39, 0.29) is 11.3 Å². The van der Waals surface area contributed by atoms with E-state index in [1.54, 1.807) is 4.90 Å². The predicted octanol–water partition coefficient (Wildman–Crippen LogP) is 3.76. The first-order valence-corrected chi connectivity index (χ1v) is 10.9. The van der Waals surface area contributed by atoms with Crippen LogP contribution in [0.25, 0.3) is 10.8 Å². The van der Waals surface area contributed by atoms with Gasteiger partial charge in [-0.25, -0.2) is 0 Å². The Bertz CT molecular complexity index is 1060. The van der Waals surface area contributed by atoms with Gasteiger partial charge in [0.15, 0.2) is 0 Å². The summed E-state index contributed by atoms with van der Waals surface area (Å²) in [6, 6.07) is 23.4. The minimum Gasteiger partial charge on any atom is -0.387 e. The summed E-state index contributed by atoms with van der Waals surface area (Å²) >= 11 is 0. The van der Waals surface area contributed by atoms with Crippen molar-refractivity contribution in [2.45, 2.75) is 24.7 Å². The number of para-hydroxylation sites is 1. The minimum absolute atomic E-state index is 0.0252. The molecule has 4 nitrogen and oxygen atoms in total. The van der Waals surface area contributed by atoms with E-state index >= 15 is 0 Å². The highest BCUT2D eigenvalue weighted by Crippen LogP contribution is 2.46. The Morgan fingerprint density at radius 3 is 2.50 bits per heavy atom. The van der Waals surface area contributed by atoms with Gasteiger partial charge in [0.2, 0.25) is 0 Å². The fourth-order valence-electron chi connectivity index (χ4n) is 5.36. The predicted molar refractivity (Wildman–Crippen MR) is 121 cm³/mol. The zero-order chi connectivity index (χ0) is 20.6. The normalized spacial score (nSPS) is 18.1. The highest BCUT2D eigenvalue weighted by Gasteiger charge is 2.45. The molecule has 0 aromatic heterocycles. The van der Waals surface area contributed by atoms with Crippen LogP contribution in [0.2, 0.25) is 0 Å². The number of hydrogen-bond donors (Lipinski definition) is 1. The molecule has 30 heavy (non-hydrogen) atoms. The first kappa shape index (κ1) is 19.3. The Morgan fingerprint density at radius 2 is 1.67 bits per heavy atom. The lowest BCUT2D eigenvalue weighted by Crippen LogP contribution is -2.46. The zero-order valence-corrected chi connectivity index (χ0v) is 17.3. The SMILES string of the molecule is O=C(CO)N1CC2(CCN(CCc3cccc4ccccc34)CC2)c2ccccc21. The average Bonchev–Trinajstić information content (AvgIpc) is 3.12. The number of rotatable bonds is 4. The van der Waals surface area contributed by atoms with E-state index in [1.807, 2.05) is 12.1 Å². The number of anilines is 1. The van der Waals surface area contributed by atoms with Gasteiger partial charge in [-0.1, -0.05) is 60.7 Å². The van der Waals surface area contributed by atoms with Crippen molar-refractivity contribution >= 4 is 22.4 Å². The molecule has 1 fully saturated rings. The highest BCUT2D eigenvalue weighted by molar-refractivity contribution is 5.97. The molecule has 1 amide bonds. The third-order valence-electron chi connectivity index (χ3n) is 7.05. The van der Waals surface area contributed by atoms with Crippen molar-refractivity contribution in [1.29, 1.82) is 0 Å². The molecule has 2 heterocycles. The van der Waals surface area contributed by atoms with E-state index in [4.69, 9.17) is 0 Å². The van der Waals surface area contributed by atoms with Crippen molar-refractivity contribution in [2.75, 3.05) is 37.7 Å². The van der Waals surface area contributed by atoms with E-state index in [0.717, 1.165) is 44.6 Å². The van der Waals surface area contributed by atoms with Gasteiger partial charge in [0, 0.05) is 24.2 Å². The lowest BCUT2D eigenvalue weighted by molar-refractivity contribution is -0.121. The van der Waals surface area contributed by atoms with Gasteiger partial charge >= 0.3 is 0 Å². The van der Waals surface area contributed by atoms with E-state index in [1.165, 1.54) is 21.9 Å². The third kappa shape index (κ3) is 3.30. The molecule has 2 aliphatic heterocycles. The van der Waals surface area contributed by atoms with Crippen molar-refractivity contribution in [2.24, 2.45) is 0 Å². The summed E-state index contributed by atoms with van der Waals surface area (Å²) in [7, 11) is 0. The Hall–Kier alpha value is -2.69. The molecule has 5 rings (SSSR count). The van der Waals surface area contributed by atoms with Crippen LogP contribution in [-0.4, -0.2) is 48.7 Å². The fraction of sp³-hybridized carbons (Fsp3) is 0.346. The van der Waals surface area contributed by atoms with Gasteiger partial charge in [-0.15, -0.1) is 0 Å². The molecule has 0 radical (unpaired) electrons. The molecular weight excluding hydrogens is 372 g/mol. The number of benzene rings is 3. The number of aliphatic hydroxyl groups excluding tert-OH is 1. The molecule has 2 aliphatic rings. The Labute approximate surface area is 177 Å². The third-order valence-corrected chi connectivity index (χ3v) is 7.05. The summed E-state index contributed by atoms with van der Waals surface area (Å²) in [4.78, 5) is 16.7. The second-order valence-corrected chi connectivity index (χ2v) is 8.67. The smallest absolute Gasteiger partial charge is 0.252 e. The molecule has 3 aromatic carbocycles. The molecular formula is C26H28N2O2. The maximum atomic E-state index is 12.3. The summed E-state index contributed by atoms with van der Waals surface area (Å²) < 4.78 is 0. The molecule has 1 spiro atoms. The topological polar surface area (TPSA) is 43.8 Å².